The first-order valence-electron chi connectivity index (χ1n) is 9.72. The van der Waals surface area contributed by atoms with Crippen LogP contribution in [0.5, 0.6) is 0 Å². The molecule has 4 aliphatic rings. The molecule has 1 saturated carbocycles. The average Bonchev–Trinajstić information content (AvgIpc) is 3.28. The molecule has 9 heteroatoms. The van der Waals surface area contributed by atoms with Crippen LogP contribution in [0.15, 0.2) is 18.5 Å². The number of anilines is 1. The molecule has 3 saturated heterocycles. The number of H-pyrrole nitrogens is 1. The average molecular weight is 384 g/mol. The second kappa shape index (κ2) is 5.99. The van der Waals surface area contributed by atoms with Crippen LogP contribution < -0.4 is 16.0 Å². The van der Waals surface area contributed by atoms with Crippen molar-refractivity contribution in [1.82, 2.24) is 25.8 Å². The molecule has 148 valence electrons. The molecule has 28 heavy (non-hydrogen) atoms. The van der Waals surface area contributed by atoms with Crippen LogP contribution in [0.4, 0.5) is 5.69 Å². The summed E-state index contributed by atoms with van der Waals surface area (Å²) in [5.74, 6) is -0.0966. The normalized spacial score (nSPS) is 30.2. The maximum atomic E-state index is 13.5. The Balaban J connectivity index is 1.41. The van der Waals surface area contributed by atoms with Gasteiger partial charge in [-0.05, 0) is 44.8 Å². The van der Waals surface area contributed by atoms with E-state index >= 15 is 0 Å². The molecule has 2 aromatic heterocycles. The van der Waals surface area contributed by atoms with E-state index in [1.54, 1.807) is 12.4 Å². The third kappa shape index (κ3) is 2.46. The number of hydrogen-bond acceptors (Lipinski definition) is 6. The number of nitrogens with zero attached hydrogens (tertiary/aromatic N) is 2. The van der Waals surface area contributed by atoms with Crippen molar-refractivity contribution in [3.05, 3.63) is 18.5 Å². The predicted octanol–water partition coefficient (Wildman–Crippen LogP) is 0.704. The van der Waals surface area contributed by atoms with Crippen LogP contribution in [0.1, 0.15) is 32.6 Å². The Morgan fingerprint density at radius 2 is 2.04 bits per heavy atom. The van der Waals surface area contributed by atoms with Crippen molar-refractivity contribution in [1.29, 1.82) is 0 Å². The monoisotopic (exact) mass is 384 g/mol. The van der Waals surface area contributed by atoms with Gasteiger partial charge in [-0.15, -0.1) is 0 Å². The van der Waals surface area contributed by atoms with E-state index in [2.05, 4.69) is 31.1 Å². The highest BCUT2D eigenvalue weighted by Gasteiger charge is 2.77. The first kappa shape index (κ1) is 17.6. The van der Waals surface area contributed by atoms with Gasteiger partial charge < -0.3 is 20.7 Å². The van der Waals surface area contributed by atoms with Crippen molar-refractivity contribution in [3.8, 4) is 0 Å². The Morgan fingerprint density at radius 1 is 1.25 bits per heavy atom. The largest absolute Gasteiger partial charge is 0.365 e. The maximum Gasteiger partial charge on any atom is 0.233 e. The predicted molar refractivity (Wildman–Crippen MR) is 102 cm³/mol. The van der Waals surface area contributed by atoms with E-state index in [0.29, 0.717) is 30.7 Å². The minimum Gasteiger partial charge on any atom is -0.365 e. The fourth-order valence-electron chi connectivity index (χ4n) is 5.34. The second-order valence-electron chi connectivity index (χ2n) is 8.36. The number of piperidine rings is 1. The Labute approximate surface area is 162 Å². The van der Waals surface area contributed by atoms with Crippen molar-refractivity contribution in [2.45, 2.75) is 43.8 Å². The summed E-state index contributed by atoms with van der Waals surface area (Å²) in [4.78, 5) is 29.2. The van der Waals surface area contributed by atoms with E-state index in [9.17, 15) is 9.59 Å². The highest BCUT2D eigenvalue weighted by molar-refractivity contribution is 5.99. The number of aromatic nitrogens is 3. The van der Waals surface area contributed by atoms with Crippen LogP contribution in [0.25, 0.3) is 11.0 Å². The molecule has 9 nitrogen and oxygen atoms in total. The molecule has 4 fully saturated rings. The smallest absolute Gasteiger partial charge is 0.233 e. The number of hydrogen-bond donors (Lipinski definition) is 4. The first-order chi connectivity index (χ1) is 13.5. The number of amides is 2. The molecule has 2 amide bonds. The molecule has 1 spiro atoms. The molecule has 0 radical (unpaired) electrons. The summed E-state index contributed by atoms with van der Waals surface area (Å²) in [6.45, 7) is 3.61. The summed E-state index contributed by atoms with van der Waals surface area (Å²) in [5.41, 5.74) is -0.142. The van der Waals surface area contributed by atoms with Gasteiger partial charge in [0.1, 0.15) is 0 Å². The van der Waals surface area contributed by atoms with Gasteiger partial charge in [0.2, 0.25) is 11.8 Å². The summed E-state index contributed by atoms with van der Waals surface area (Å²) in [6, 6.07) is 1.87. The Kier molecular flexibility index (Phi) is 3.76. The molecular weight excluding hydrogens is 360 g/mol. The molecule has 0 atom stereocenters. The molecule has 6 rings (SSSR count). The molecule has 1 aliphatic carbocycles. The van der Waals surface area contributed by atoms with Crippen molar-refractivity contribution >= 4 is 28.5 Å². The lowest BCUT2D eigenvalue weighted by atomic mass is 9.53. The zero-order valence-electron chi connectivity index (χ0n) is 15.8. The molecule has 2 bridgehead atoms. The third-order valence-electron chi connectivity index (χ3n) is 6.59. The van der Waals surface area contributed by atoms with Crippen LogP contribution in [-0.2, 0) is 14.3 Å². The van der Waals surface area contributed by atoms with Crippen molar-refractivity contribution in [3.63, 3.8) is 0 Å². The van der Waals surface area contributed by atoms with E-state index in [0.717, 1.165) is 31.3 Å². The van der Waals surface area contributed by atoms with Crippen molar-refractivity contribution in [2.75, 3.05) is 25.0 Å². The van der Waals surface area contributed by atoms with Crippen molar-refractivity contribution in [2.24, 2.45) is 5.41 Å². The van der Waals surface area contributed by atoms with Gasteiger partial charge in [-0.1, -0.05) is 0 Å². The number of carbonyl (C=O) groups excluding carboxylic acids is 2. The van der Waals surface area contributed by atoms with Gasteiger partial charge in [-0.3, -0.25) is 14.7 Å². The van der Waals surface area contributed by atoms with Gasteiger partial charge in [0.05, 0.1) is 34.7 Å². The van der Waals surface area contributed by atoms with E-state index in [1.807, 2.05) is 6.07 Å². The molecule has 2 aromatic rings. The summed E-state index contributed by atoms with van der Waals surface area (Å²) in [6.07, 6.45) is 6.18. The van der Waals surface area contributed by atoms with E-state index in [4.69, 9.17) is 4.74 Å². The molecule has 0 unspecified atom stereocenters. The highest BCUT2D eigenvalue weighted by Crippen LogP contribution is 2.69. The van der Waals surface area contributed by atoms with E-state index in [-0.39, 0.29) is 11.8 Å². The van der Waals surface area contributed by atoms with Crippen LogP contribution >= 0.6 is 0 Å². The van der Waals surface area contributed by atoms with Crippen LogP contribution in [-0.4, -0.2) is 57.8 Å². The molecule has 4 N–H and O–H groups in total. The van der Waals surface area contributed by atoms with Crippen LogP contribution in [0.3, 0.4) is 0 Å². The third-order valence-corrected chi connectivity index (χ3v) is 6.59. The van der Waals surface area contributed by atoms with Crippen molar-refractivity contribution < 1.29 is 14.3 Å². The SMILES string of the molecule is CC(=O)NCC12CC(C(=O)Nc3cnc4[nH]ncc4c3)(C1)C1(CCNCC1)O2. The lowest BCUT2D eigenvalue weighted by molar-refractivity contribution is -0.135. The van der Waals surface area contributed by atoms with Gasteiger partial charge in [0.15, 0.2) is 5.65 Å². The Bertz CT molecular complexity index is 942. The zero-order valence-corrected chi connectivity index (χ0v) is 15.8. The fourth-order valence-corrected chi connectivity index (χ4v) is 5.34. The quantitative estimate of drug-likeness (QED) is 0.616. The first-order valence-corrected chi connectivity index (χ1v) is 9.72. The van der Waals surface area contributed by atoms with E-state index in [1.165, 1.54) is 6.92 Å². The fraction of sp³-hybridized carbons (Fsp3) is 0.579. The van der Waals surface area contributed by atoms with Gasteiger partial charge in [0, 0.05) is 18.9 Å². The molecular formula is C19H24N6O3. The molecule has 3 aliphatic heterocycles. The summed E-state index contributed by atoms with van der Waals surface area (Å²) in [5, 5.41) is 16.9. The minimum absolute atomic E-state index is 0.0185. The number of nitrogens with one attached hydrogen (secondary N) is 4. The summed E-state index contributed by atoms with van der Waals surface area (Å²) in [7, 11) is 0. The zero-order chi connectivity index (χ0) is 19.4. The lowest BCUT2D eigenvalue weighted by Crippen LogP contribution is -2.60. The second-order valence-corrected chi connectivity index (χ2v) is 8.36. The van der Waals surface area contributed by atoms with E-state index < -0.39 is 16.6 Å². The molecule has 0 aromatic carbocycles. The van der Waals surface area contributed by atoms with Crippen LogP contribution in [0.2, 0.25) is 0 Å². The lowest BCUT2D eigenvalue weighted by Gasteiger charge is -2.47. The highest BCUT2D eigenvalue weighted by atomic mass is 16.5. The number of aromatic amines is 1. The standard InChI is InChI=1S/C19H24N6O3/c1-12(26)22-11-17-9-18(10-17,19(28-17)2-4-20-5-3-19)16(27)24-14-6-13-7-23-25-15(13)21-8-14/h6-8,20H,2-5,9-11H2,1H3,(H,22,26)(H,24,27)(H,21,23,25). The maximum absolute atomic E-state index is 13.5. The minimum atomic E-state index is -0.571. The van der Waals surface area contributed by atoms with Gasteiger partial charge in [0.25, 0.3) is 0 Å². The van der Waals surface area contributed by atoms with Gasteiger partial charge in [-0.2, -0.15) is 5.10 Å². The van der Waals surface area contributed by atoms with Gasteiger partial charge in [-0.25, -0.2) is 4.98 Å². The van der Waals surface area contributed by atoms with Crippen LogP contribution in [0, 0.1) is 5.41 Å². The number of fused-ring (bicyclic) bond motifs is 1. The number of carbonyl (C=O) groups is 2. The number of pyridine rings is 1. The Morgan fingerprint density at radius 3 is 2.79 bits per heavy atom. The summed E-state index contributed by atoms with van der Waals surface area (Å²) < 4.78 is 6.58. The summed E-state index contributed by atoms with van der Waals surface area (Å²) >= 11 is 0. The number of ether oxygens (including phenoxy) is 1. The van der Waals surface area contributed by atoms with Gasteiger partial charge >= 0.3 is 0 Å². The Hall–Kier alpha value is -2.52. The number of rotatable bonds is 4. The topological polar surface area (TPSA) is 121 Å². The molecule has 5 heterocycles.